The molecule has 0 spiro atoms. The first kappa shape index (κ1) is 13.9. The summed E-state index contributed by atoms with van der Waals surface area (Å²) in [7, 11) is 0. The highest BCUT2D eigenvalue weighted by Crippen LogP contribution is 2.21. The van der Waals surface area contributed by atoms with Crippen LogP contribution < -0.4 is 5.32 Å². The molecule has 2 N–H and O–H groups in total. The van der Waals surface area contributed by atoms with Crippen molar-refractivity contribution < 1.29 is 19.1 Å². The van der Waals surface area contributed by atoms with Gasteiger partial charge in [-0.3, -0.25) is 9.79 Å². The van der Waals surface area contributed by atoms with Crippen LogP contribution in [0.1, 0.15) is 26.3 Å². The van der Waals surface area contributed by atoms with Gasteiger partial charge in [0.2, 0.25) is 0 Å². The summed E-state index contributed by atoms with van der Waals surface area (Å²) in [5.41, 5.74) is 1.81. The van der Waals surface area contributed by atoms with Gasteiger partial charge in [-0.2, -0.15) is 0 Å². The van der Waals surface area contributed by atoms with Gasteiger partial charge < -0.3 is 10.4 Å². The van der Waals surface area contributed by atoms with Crippen molar-refractivity contribution in [2.45, 2.75) is 0 Å². The lowest BCUT2D eigenvalue weighted by atomic mass is 10.1. The van der Waals surface area contributed by atoms with Crippen LogP contribution in [0.4, 0.5) is 10.1 Å². The maximum atomic E-state index is 13.1. The third-order valence-corrected chi connectivity index (χ3v) is 3.23. The molecule has 1 aliphatic heterocycles. The van der Waals surface area contributed by atoms with Gasteiger partial charge in [-0.1, -0.05) is 12.1 Å². The Kier molecular flexibility index (Phi) is 3.42. The first-order valence-electron chi connectivity index (χ1n) is 6.52. The summed E-state index contributed by atoms with van der Waals surface area (Å²) in [5, 5.41) is 11.8. The van der Waals surface area contributed by atoms with Gasteiger partial charge in [0.05, 0.1) is 23.5 Å². The van der Waals surface area contributed by atoms with Crippen LogP contribution in [-0.4, -0.2) is 29.2 Å². The van der Waals surface area contributed by atoms with Crippen molar-refractivity contribution in [3.8, 4) is 0 Å². The fourth-order valence-corrected chi connectivity index (χ4v) is 2.06. The van der Waals surface area contributed by atoms with Crippen molar-refractivity contribution in [3.63, 3.8) is 0 Å². The molecule has 2 aromatic carbocycles. The second kappa shape index (κ2) is 5.40. The van der Waals surface area contributed by atoms with E-state index >= 15 is 0 Å². The van der Waals surface area contributed by atoms with Crippen LogP contribution in [-0.2, 0) is 0 Å². The summed E-state index contributed by atoms with van der Waals surface area (Å²) in [6, 6.07) is 9.85. The van der Waals surface area contributed by atoms with Crippen LogP contribution in [0.3, 0.4) is 0 Å². The average Bonchev–Trinajstić information content (AvgIpc) is 3.32. The molecular formula is C16H11FN2O3. The number of carboxylic acid groups (broad SMARTS) is 1. The molecule has 110 valence electrons. The Morgan fingerprint density at radius 2 is 1.95 bits per heavy atom. The molecule has 1 amide bonds. The number of carbonyl (C=O) groups excluding carboxylic acids is 1. The highest BCUT2D eigenvalue weighted by atomic mass is 19.1. The molecule has 0 bridgehead atoms. The summed E-state index contributed by atoms with van der Waals surface area (Å²) < 4.78 is 13.1. The second-order valence-corrected chi connectivity index (χ2v) is 4.79. The monoisotopic (exact) mass is 298 g/mol. The van der Waals surface area contributed by atoms with E-state index < -0.39 is 17.7 Å². The van der Waals surface area contributed by atoms with Gasteiger partial charge >= 0.3 is 5.97 Å². The van der Waals surface area contributed by atoms with E-state index in [2.05, 4.69) is 10.3 Å². The molecule has 0 radical (unpaired) electrons. The van der Waals surface area contributed by atoms with E-state index in [1.54, 1.807) is 6.07 Å². The van der Waals surface area contributed by atoms with Gasteiger partial charge in [-0.15, -0.1) is 0 Å². The number of carbonyl (C=O) groups is 2. The molecule has 0 aliphatic carbocycles. The van der Waals surface area contributed by atoms with Gasteiger partial charge in [0.25, 0.3) is 5.91 Å². The van der Waals surface area contributed by atoms with Gasteiger partial charge in [0.1, 0.15) is 5.82 Å². The van der Waals surface area contributed by atoms with Crippen molar-refractivity contribution in [2.24, 2.45) is 4.99 Å². The quantitative estimate of drug-likeness (QED) is 0.910. The molecule has 0 aromatic heterocycles. The fraction of sp³-hybridized carbons (Fsp3) is 0.0625. The van der Waals surface area contributed by atoms with Crippen molar-refractivity contribution in [2.75, 3.05) is 11.9 Å². The summed E-state index contributed by atoms with van der Waals surface area (Å²) in [6.45, 7) is 0.605. The number of hydrogen-bond acceptors (Lipinski definition) is 3. The number of anilines is 1. The maximum absolute atomic E-state index is 13.1. The highest BCUT2D eigenvalue weighted by molar-refractivity contribution is 6.13. The number of hydrogen-bond donors (Lipinski definition) is 2. The minimum Gasteiger partial charge on any atom is -0.478 e. The molecule has 22 heavy (non-hydrogen) atoms. The normalized spacial score (nSPS) is 12.5. The van der Waals surface area contributed by atoms with E-state index in [1.165, 1.54) is 30.3 Å². The van der Waals surface area contributed by atoms with Crippen molar-refractivity contribution >= 4 is 23.3 Å². The largest absolute Gasteiger partial charge is 0.478 e. The van der Waals surface area contributed by atoms with Crippen LogP contribution >= 0.6 is 0 Å². The van der Waals surface area contributed by atoms with Gasteiger partial charge in [0.15, 0.2) is 0 Å². The predicted octanol–water partition coefficient (Wildman–Crippen LogP) is 2.58. The lowest BCUT2D eigenvalue weighted by Crippen LogP contribution is -2.15. The zero-order valence-electron chi connectivity index (χ0n) is 11.3. The molecule has 1 aliphatic rings. The van der Waals surface area contributed by atoms with E-state index in [-0.39, 0.29) is 16.8 Å². The molecule has 3 rings (SSSR count). The molecule has 1 heterocycles. The van der Waals surface area contributed by atoms with Gasteiger partial charge in [-0.05, 0) is 35.9 Å². The smallest absolute Gasteiger partial charge is 0.337 e. The Hall–Kier alpha value is -3.02. The van der Waals surface area contributed by atoms with E-state index in [9.17, 15) is 19.1 Å². The summed E-state index contributed by atoms with van der Waals surface area (Å²) in [5.74, 6) is -2.26. The van der Waals surface area contributed by atoms with Crippen molar-refractivity contribution in [3.05, 3.63) is 65.0 Å². The Bertz CT molecular complexity index is 815. The highest BCUT2D eigenvalue weighted by Gasteiger charge is 2.19. The maximum Gasteiger partial charge on any atom is 0.337 e. The van der Waals surface area contributed by atoms with Crippen LogP contribution in [0.2, 0.25) is 0 Å². The molecular weight excluding hydrogens is 287 g/mol. The molecule has 0 saturated heterocycles. The Labute approximate surface area is 125 Å². The molecule has 2 aromatic rings. The molecule has 0 unspecified atom stereocenters. The number of nitrogens with one attached hydrogen (secondary N) is 1. The summed E-state index contributed by atoms with van der Waals surface area (Å²) in [4.78, 5) is 27.4. The molecule has 0 atom stereocenters. The van der Waals surface area contributed by atoms with Crippen LogP contribution in [0.5, 0.6) is 0 Å². The van der Waals surface area contributed by atoms with Gasteiger partial charge in [0, 0.05) is 5.56 Å². The topological polar surface area (TPSA) is 78.8 Å². The number of nitrogens with zero attached hydrogens (tertiary/aromatic N) is 1. The minimum absolute atomic E-state index is 0.0307. The van der Waals surface area contributed by atoms with Crippen molar-refractivity contribution in [1.29, 1.82) is 0 Å². The number of amides is 1. The Morgan fingerprint density at radius 1 is 1.18 bits per heavy atom. The number of carboxylic acids is 1. The van der Waals surface area contributed by atoms with Gasteiger partial charge in [-0.25, -0.2) is 9.18 Å². The minimum atomic E-state index is -1.15. The molecule has 5 nitrogen and oxygen atoms in total. The third-order valence-electron chi connectivity index (χ3n) is 3.23. The Balaban J connectivity index is 1.89. The van der Waals surface area contributed by atoms with E-state index in [0.717, 1.165) is 17.3 Å². The van der Waals surface area contributed by atoms with E-state index in [4.69, 9.17) is 0 Å². The third kappa shape index (κ3) is 2.85. The second-order valence-electron chi connectivity index (χ2n) is 4.79. The van der Waals surface area contributed by atoms with Crippen molar-refractivity contribution in [1.82, 2.24) is 0 Å². The first-order chi connectivity index (χ1) is 10.5. The average molecular weight is 298 g/mol. The summed E-state index contributed by atoms with van der Waals surface area (Å²) in [6.07, 6.45) is 0. The van der Waals surface area contributed by atoms with Crippen LogP contribution in [0.15, 0.2) is 47.5 Å². The summed E-state index contributed by atoms with van der Waals surface area (Å²) >= 11 is 0. The zero-order valence-corrected chi connectivity index (χ0v) is 11.3. The fourth-order valence-electron chi connectivity index (χ4n) is 2.06. The lowest BCUT2D eigenvalue weighted by Gasteiger charge is -2.09. The number of rotatable bonds is 4. The lowest BCUT2D eigenvalue weighted by molar-refractivity contribution is 0.0698. The Morgan fingerprint density at radius 3 is 2.59 bits per heavy atom. The molecule has 0 saturated carbocycles. The zero-order chi connectivity index (χ0) is 15.7. The SMILES string of the molecule is O=C(Nc1ccc(C2=NC2)cc1C(=O)O)c1cccc(F)c1. The van der Waals surface area contributed by atoms with E-state index in [1.807, 2.05) is 0 Å². The number of halogens is 1. The molecule has 6 heteroatoms. The van der Waals surface area contributed by atoms with Crippen LogP contribution in [0.25, 0.3) is 0 Å². The number of aliphatic imine (C=N–C) groups is 1. The number of benzene rings is 2. The van der Waals surface area contributed by atoms with E-state index in [0.29, 0.717) is 6.54 Å². The first-order valence-corrected chi connectivity index (χ1v) is 6.52. The van der Waals surface area contributed by atoms with Crippen LogP contribution in [0, 0.1) is 5.82 Å². The standard InChI is InChI=1S/C16H11FN2O3/c17-11-3-1-2-10(6-11)15(20)19-13-5-4-9(14-8-18-14)7-12(13)16(21)22/h1-7H,8H2,(H,19,20)(H,21,22). The number of aromatic carboxylic acids is 1. The molecule has 0 fully saturated rings. The predicted molar refractivity (Wildman–Crippen MR) is 79.2 cm³/mol.